The fourth-order valence-electron chi connectivity index (χ4n) is 4.31. The molecule has 0 bridgehead atoms. The van der Waals surface area contributed by atoms with Crippen molar-refractivity contribution in [1.29, 1.82) is 0 Å². The number of carbonyl (C=O) groups excluding carboxylic acids is 2. The summed E-state index contributed by atoms with van der Waals surface area (Å²) < 4.78 is 47.8. The number of unbranched alkanes of at least 4 members (excludes halogenated alkanes) is 15. The Morgan fingerprint density at radius 1 is 0.769 bits per heavy atom. The zero-order valence-corrected chi connectivity index (χ0v) is 23.5. The number of hydrogen-bond donors (Lipinski definition) is 0. The van der Waals surface area contributed by atoms with Crippen LogP contribution in [-0.2, 0) is 20.7 Å². The van der Waals surface area contributed by atoms with Gasteiger partial charge in [-0.3, -0.25) is 9.64 Å². The van der Waals surface area contributed by atoms with E-state index in [1.54, 1.807) is 24.3 Å². The van der Waals surface area contributed by atoms with E-state index in [1.165, 1.54) is 89.9 Å². The molecule has 1 aromatic carbocycles. The van der Waals surface area contributed by atoms with Crippen LogP contribution in [0.4, 0.5) is 13.2 Å². The van der Waals surface area contributed by atoms with Crippen molar-refractivity contribution < 1.29 is 32.2 Å². The summed E-state index contributed by atoms with van der Waals surface area (Å²) in [5.41, 5.74) is 0.791. The van der Waals surface area contributed by atoms with Crippen molar-refractivity contribution in [3.05, 3.63) is 41.2 Å². The minimum Gasteiger partial charge on any atom is -0.494 e. The van der Waals surface area contributed by atoms with Crippen LogP contribution in [0.1, 0.15) is 115 Å². The highest BCUT2D eigenvalue weighted by molar-refractivity contribution is 6.07. The summed E-state index contributed by atoms with van der Waals surface area (Å²) in [5, 5.41) is 0. The number of esters is 1. The number of carbonyl (C=O) groups is 2. The zero-order chi connectivity index (χ0) is 28.8. The fraction of sp³-hybridized carbons (Fsp3) is 0.710. The predicted molar refractivity (Wildman–Crippen MR) is 148 cm³/mol. The molecule has 1 rings (SSSR count). The standard InChI is InChI=1S/C31H46F3NO4/c1-3-4-5-6-7-8-9-10-11-12-13-14-15-16-17-18-24-38-27-21-19-26(20-22-27)23-25-39-30(37)28(35-2)29(36)31(32,33)34/h19-22,28H,3-18,23-25H2,1H3. The van der Waals surface area contributed by atoms with Crippen molar-refractivity contribution in [2.45, 2.75) is 128 Å². The molecule has 1 atom stereocenters. The summed E-state index contributed by atoms with van der Waals surface area (Å²) in [4.78, 5) is 25.2. The van der Waals surface area contributed by atoms with Gasteiger partial charge in [0.2, 0.25) is 0 Å². The minimum absolute atomic E-state index is 0.227. The molecule has 0 aliphatic carbocycles. The van der Waals surface area contributed by atoms with Gasteiger partial charge >= 0.3 is 24.0 Å². The highest BCUT2D eigenvalue weighted by Gasteiger charge is 2.51. The fourth-order valence-corrected chi connectivity index (χ4v) is 4.31. The molecule has 0 heterocycles. The van der Waals surface area contributed by atoms with Crippen molar-refractivity contribution in [3.8, 4) is 5.75 Å². The Kier molecular flexibility index (Phi) is 18.8. The number of rotatable bonds is 23. The van der Waals surface area contributed by atoms with Crippen LogP contribution in [0.2, 0.25) is 0 Å². The van der Waals surface area contributed by atoms with Gasteiger partial charge in [-0.05, 0) is 24.1 Å². The molecule has 1 unspecified atom stereocenters. The first-order valence-electron chi connectivity index (χ1n) is 14.7. The van der Waals surface area contributed by atoms with Crippen molar-refractivity contribution in [3.63, 3.8) is 0 Å². The van der Waals surface area contributed by atoms with Crippen LogP contribution >= 0.6 is 0 Å². The van der Waals surface area contributed by atoms with Crippen LogP contribution in [0.15, 0.2) is 24.3 Å². The van der Waals surface area contributed by atoms with E-state index in [2.05, 4.69) is 11.8 Å². The van der Waals surface area contributed by atoms with Crippen LogP contribution in [-0.4, -0.2) is 37.2 Å². The Hall–Kier alpha value is -2.56. The van der Waals surface area contributed by atoms with Gasteiger partial charge in [-0.15, -0.1) is 0 Å². The molecule has 1 aromatic rings. The van der Waals surface area contributed by atoms with Crippen LogP contribution in [0.25, 0.3) is 4.85 Å². The van der Waals surface area contributed by atoms with Crippen molar-refractivity contribution in [2.75, 3.05) is 13.2 Å². The number of Topliss-reactive ketones (excluding diaryl/α,β-unsaturated/α-hetero) is 1. The molecule has 0 aliphatic heterocycles. The second-order valence-electron chi connectivity index (χ2n) is 10.1. The molecule has 5 nitrogen and oxygen atoms in total. The van der Waals surface area contributed by atoms with Gasteiger partial charge in [0.15, 0.2) is 0 Å². The third-order valence-corrected chi connectivity index (χ3v) is 6.71. The lowest BCUT2D eigenvalue weighted by Gasteiger charge is -2.09. The molecular weight excluding hydrogens is 507 g/mol. The Morgan fingerprint density at radius 3 is 1.67 bits per heavy atom. The first-order valence-corrected chi connectivity index (χ1v) is 14.7. The third-order valence-electron chi connectivity index (χ3n) is 6.71. The summed E-state index contributed by atoms with van der Waals surface area (Å²) in [6, 6.07) is 4.64. The van der Waals surface area contributed by atoms with Gasteiger partial charge in [0.25, 0.3) is 0 Å². The third kappa shape index (κ3) is 16.9. The number of alkyl halides is 3. The summed E-state index contributed by atoms with van der Waals surface area (Å²) in [5.74, 6) is -3.17. The quantitative estimate of drug-likeness (QED) is 0.0588. The predicted octanol–water partition coefficient (Wildman–Crippen LogP) is 8.83. The molecule has 0 radical (unpaired) electrons. The summed E-state index contributed by atoms with van der Waals surface area (Å²) in [6.07, 6.45) is 16.1. The topological polar surface area (TPSA) is 57.0 Å². The highest BCUT2D eigenvalue weighted by Crippen LogP contribution is 2.20. The second-order valence-corrected chi connectivity index (χ2v) is 10.1. The zero-order valence-electron chi connectivity index (χ0n) is 23.5. The lowest BCUT2D eigenvalue weighted by Crippen LogP contribution is -2.38. The first-order chi connectivity index (χ1) is 18.8. The normalized spacial score (nSPS) is 12.1. The van der Waals surface area contributed by atoms with Crippen LogP contribution < -0.4 is 4.74 Å². The summed E-state index contributed by atoms with van der Waals surface area (Å²) in [6.45, 7) is 9.35. The van der Waals surface area contributed by atoms with Gasteiger partial charge in [-0.2, -0.15) is 13.2 Å². The van der Waals surface area contributed by atoms with E-state index in [-0.39, 0.29) is 13.0 Å². The Labute approximate surface area is 232 Å². The van der Waals surface area contributed by atoms with E-state index in [1.807, 2.05) is 0 Å². The molecule has 0 amide bonds. The molecule has 0 N–H and O–H groups in total. The van der Waals surface area contributed by atoms with Gasteiger partial charge in [-0.25, -0.2) is 11.4 Å². The average molecular weight is 554 g/mol. The van der Waals surface area contributed by atoms with E-state index >= 15 is 0 Å². The number of ketones is 1. The van der Waals surface area contributed by atoms with E-state index in [4.69, 9.17) is 16.0 Å². The molecule has 0 fully saturated rings. The Balaban J connectivity index is 2.02. The Morgan fingerprint density at radius 2 is 1.23 bits per heavy atom. The summed E-state index contributed by atoms with van der Waals surface area (Å²) >= 11 is 0. The number of nitrogens with zero attached hydrogens (tertiary/aromatic N) is 1. The monoisotopic (exact) mass is 553 g/mol. The second kappa shape index (κ2) is 21.3. The lowest BCUT2D eigenvalue weighted by atomic mass is 10.0. The molecule has 39 heavy (non-hydrogen) atoms. The lowest BCUT2D eigenvalue weighted by molar-refractivity contribution is -0.175. The van der Waals surface area contributed by atoms with Gasteiger partial charge in [-0.1, -0.05) is 115 Å². The van der Waals surface area contributed by atoms with Crippen molar-refractivity contribution >= 4 is 11.8 Å². The number of halogens is 3. The van der Waals surface area contributed by atoms with Crippen LogP contribution in [0.3, 0.4) is 0 Å². The van der Waals surface area contributed by atoms with Crippen molar-refractivity contribution in [2.24, 2.45) is 0 Å². The summed E-state index contributed by atoms with van der Waals surface area (Å²) in [7, 11) is 0. The molecule has 220 valence electrons. The molecule has 0 aliphatic rings. The molecule has 0 spiro atoms. The molecule has 8 heteroatoms. The SMILES string of the molecule is [C-]#[N+]C(C(=O)OCCc1ccc(OCCCCCCCCCCCCCCCCCC)cc1)C(=O)C(F)(F)F. The smallest absolute Gasteiger partial charge is 0.458 e. The maximum atomic E-state index is 12.4. The van der Waals surface area contributed by atoms with E-state index in [9.17, 15) is 22.8 Å². The van der Waals surface area contributed by atoms with Gasteiger partial charge in [0.1, 0.15) is 5.75 Å². The molecule has 0 aromatic heterocycles. The first kappa shape index (κ1) is 34.5. The number of hydrogen-bond acceptors (Lipinski definition) is 4. The highest BCUT2D eigenvalue weighted by atomic mass is 19.4. The number of ether oxygens (including phenoxy) is 2. The van der Waals surface area contributed by atoms with Gasteiger partial charge < -0.3 is 9.47 Å². The molecular formula is C31H46F3NO4. The number of benzene rings is 1. The molecule has 0 saturated carbocycles. The maximum Gasteiger partial charge on any atom is 0.458 e. The van der Waals surface area contributed by atoms with Crippen LogP contribution in [0.5, 0.6) is 5.75 Å². The molecule has 0 saturated heterocycles. The van der Waals surface area contributed by atoms with Crippen LogP contribution in [0, 0.1) is 6.57 Å². The minimum atomic E-state index is -5.25. The Bertz CT molecular complexity index is 834. The maximum absolute atomic E-state index is 12.4. The van der Waals surface area contributed by atoms with Gasteiger partial charge in [0.05, 0.1) is 13.2 Å². The largest absolute Gasteiger partial charge is 0.494 e. The van der Waals surface area contributed by atoms with Crippen molar-refractivity contribution in [1.82, 2.24) is 0 Å². The average Bonchev–Trinajstić information content (AvgIpc) is 2.91. The van der Waals surface area contributed by atoms with E-state index in [0.717, 1.165) is 24.2 Å². The van der Waals surface area contributed by atoms with E-state index in [0.29, 0.717) is 6.61 Å². The van der Waals surface area contributed by atoms with Gasteiger partial charge in [0, 0.05) is 6.42 Å². The van der Waals surface area contributed by atoms with E-state index < -0.39 is 24.0 Å².